The van der Waals surface area contributed by atoms with E-state index >= 15 is 0 Å². The molecule has 2 aromatic carbocycles. The number of carbonyl (C=O) groups is 1. The monoisotopic (exact) mass is 389 g/mol. The average molecular weight is 389 g/mol. The molecule has 0 aliphatic heterocycles. The van der Waals surface area contributed by atoms with Crippen molar-refractivity contribution >= 4 is 22.9 Å². The zero-order chi connectivity index (χ0) is 20.5. The van der Waals surface area contributed by atoms with Gasteiger partial charge in [0.15, 0.2) is 0 Å². The molecule has 0 saturated heterocycles. The molecule has 29 heavy (non-hydrogen) atoms. The van der Waals surface area contributed by atoms with Crippen LogP contribution in [-0.4, -0.2) is 20.2 Å². The summed E-state index contributed by atoms with van der Waals surface area (Å²) in [5, 5.41) is 13.5. The Labute approximate surface area is 164 Å². The van der Waals surface area contributed by atoms with E-state index in [-0.39, 0.29) is 5.56 Å². The Balaban J connectivity index is 1.54. The molecular formula is C21H15FN4O3. The van der Waals surface area contributed by atoms with Gasteiger partial charge in [-0.05, 0) is 42.8 Å². The largest absolute Gasteiger partial charge is 0.322 e. The van der Waals surface area contributed by atoms with E-state index in [4.69, 9.17) is 0 Å². The van der Waals surface area contributed by atoms with Crippen molar-refractivity contribution in [3.8, 4) is 11.3 Å². The molecule has 0 fully saturated rings. The van der Waals surface area contributed by atoms with Crippen LogP contribution in [0.3, 0.4) is 0 Å². The van der Waals surface area contributed by atoms with E-state index < -0.39 is 22.3 Å². The first-order chi connectivity index (χ1) is 13.9. The highest BCUT2D eigenvalue weighted by atomic mass is 18.2. The van der Waals surface area contributed by atoms with E-state index in [9.17, 15) is 19.3 Å². The number of nitro groups is 1. The number of nitrogens with zero attached hydrogens (tertiary/aromatic N) is 3. The number of benzene rings is 2. The zero-order valence-electron chi connectivity index (χ0n) is 15.3. The number of hydrogen-bond donors (Lipinski definition) is 1. The summed E-state index contributed by atoms with van der Waals surface area (Å²) in [5.41, 5.74) is 3.39. The van der Waals surface area contributed by atoms with Crippen LogP contribution < -0.4 is 5.32 Å². The molecule has 0 unspecified atom stereocenters. The van der Waals surface area contributed by atoms with Crippen LogP contribution in [0.4, 0.5) is 15.8 Å². The van der Waals surface area contributed by atoms with Crippen LogP contribution in [0.1, 0.15) is 15.9 Å². The van der Waals surface area contributed by atoms with Crippen molar-refractivity contribution in [3.05, 3.63) is 94.0 Å². The average Bonchev–Trinajstić information content (AvgIpc) is 3.11. The molecule has 0 aliphatic carbocycles. The Bertz CT molecular complexity index is 1250. The molecule has 1 N–H and O–H groups in total. The van der Waals surface area contributed by atoms with E-state index in [1.807, 2.05) is 48.0 Å². The van der Waals surface area contributed by atoms with Gasteiger partial charge in [0.05, 0.1) is 10.6 Å². The van der Waals surface area contributed by atoms with Gasteiger partial charge in [-0.3, -0.25) is 14.9 Å². The minimum absolute atomic E-state index is 0.00195. The van der Waals surface area contributed by atoms with E-state index in [1.165, 1.54) is 6.07 Å². The third-order valence-corrected chi connectivity index (χ3v) is 4.44. The number of aromatic nitrogens is 2. The van der Waals surface area contributed by atoms with Gasteiger partial charge in [0.25, 0.3) is 5.91 Å². The number of nitro benzene ring substituents is 1. The van der Waals surface area contributed by atoms with Gasteiger partial charge in [-0.1, -0.05) is 18.2 Å². The summed E-state index contributed by atoms with van der Waals surface area (Å²) in [6.45, 7) is 2.01. The number of anilines is 1. The smallest absolute Gasteiger partial charge is 0.305 e. The van der Waals surface area contributed by atoms with Crippen molar-refractivity contribution in [2.75, 3.05) is 5.32 Å². The third-order valence-electron chi connectivity index (χ3n) is 4.44. The van der Waals surface area contributed by atoms with Crippen molar-refractivity contribution in [2.45, 2.75) is 6.92 Å². The number of aryl methyl sites for hydroxylation is 1. The summed E-state index contributed by atoms with van der Waals surface area (Å²) >= 11 is 0. The minimum atomic E-state index is -0.987. The molecule has 0 radical (unpaired) electrons. The normalized spacial score (nSPS) is 10.8. The number of fused-ring (bicyclic) bond motifs is 1. The molecule has 7 nitrogen and oxygen atoms in total. The maximum Gasteiger partial charge on any atom is 0.305 e. The van der Waals surface area contributed by atoms with Crippen LogP contribution in [0.15, 0.2) is 67.0 Å². The number of nitrogens with one attached hydrogen (secondary N) is 1. The lowest BCUT2D eigenvalue weighted by Gasteiger charge is -2.06. The number of amides is 1. The fraction of sp³-hybridized carbons (Fsp3) is 0.0476. The van der Waals surface area contributed by atoms with Gasteiger partial charge in [-0.25, -0.2) is 4.98 Å². The lowest BCUT2D eigenvalue weighted by Crippen LogP contribution is -2.12. The summed E-state index contributed by atoms with van der Waals surface area (Å²) in [6.07, 6.45) is 3.91. The minimum Gasteiger partial charge on any atom is -0.322 e. The topological polar surface area (TPSA) is 89.5 Å². The van der Waals surface area contributed by atoms with E-state index in [0.717, 1.165) is 34.6 Å². The fourth-order valence-corrected chi connectivity index (χ4v) is 2.96. The molecule has 0 saturated carbocycles. The first-order valence-electron chi connectivity index (χ1n) is 8.72. The highest BCUT2D eigenvalue weighted by molar-refractivity contribution is 6.04. The van der Waals surface area contributed by atoms with Gasteiger partial charge >= 0.3 is 5.69 Å². The van der Waals surface area contributed by atoms with Gasteiger partial charge in [-0.15, -0.1) is 0 Å². The maximum atomic E-state index is 13.4. The second-order valence-corrected chi connectivity index (χ2v) is 6.55. The Morgan fingerprint density at radius 1 is 1.10 bits per heavy atom. The Morgan fingerprint density at radius 3 is 2.59 bits per heavy atom. The van der Waals surface area contributed by atoms with E-state index in [2.05, 4.69) is 10.3 Å². The van der Waals surface area contributed by atoms with Crippen LogP contribution in [0.2, 0.25) is 0 Å². The SMILES string of the molecule is Cc1ccc2nc(-c3ccc(NC(=O)c4ccc([18F])c([N+](=O)[O-])c4)cc3)cn2c1. The second-order valence-electron chi connectivity index (χ2n) is 6.55. The number of rotatable bonds is 4. The summed E-state index contributed by atoms with van der Waals surface area (Å²) in [7, 11) is 0. The van der Waals surface area contributed by atoms with Gasteiger partial charge in [-0.2, -0.15) is 4.39 Å². The Morgan fingerprint density at radius 2 is 1.86 bits per heavy atom. The summed E-state index contributed by atoms with van der Waals surface area (Å²) in [6, 6.07) is 14.0. The first-order valence-corrected chi connectivity index (χ1v) is 8.72. The number of hydrogen-bond acceptors (Lipinski definition) is 4. The predicted octanol–water partition coefficient (Wildman–Crippen LogP) is 4.61. The van der Waals surface area contributed by atoms with Crippen molar-refractivity contribution in [1.29, 1.82) is 0 Å². The predicted molar refractivity (Wildman–Crippen MR) is 106 cm³/mol. The number of halogens is 1. The van der Waals surface area contributed by atoms with Crippen molar-refractivity contribution < 1.29 is 14.1 Å². The number of pyridine rings is 1. The van der Waals surface area contributed by atoms with Crippen molar-refractivity contribution in [2.24, 2.45) is 0 Å². The molecule has 0 spiro atoms. The third kappa shape index (κ3) is 3.68. The van der Waals surface area contributed by atoms with E-state index in [0.29, 0.717) is 5.69 Å². The van der Waals surface area contributed by atoms with Gasteiger partial charge in [0.2, 0.25) is 5.82 Å². The summed E-state index contributed by atoms with van der Waals surface area (Å²) in [4.78, 5) is 26.9. The highest BCUT2D eigenvalue weighted by Gasteiger charge is 2.17. The molecule has 8 heteroatoms. The Hall–Kier alpha value is -4.07. The van der Waals surface area contributed by atoms with Gasteiger partial charge in [0, 0.05) is 35.3 Å². The molecule has 0 atom stereocenters. The highest BCUT2D eigenvalue weighted by Crippen LogP contribution is 2.23. The summed E-state index contributed by atoms with van der Waals surface area (Å²) in [5.74, 6) is -1.55. The standard InChI is InChI=1S/C21H15FN4O3/c1-13-2-9-20-24-18(12-25(20)11-13)14-3-6-16(7-4-14)23-21(27)15-5-8-17(22)19(10-15)26(28)29/h2-12H,1H3,(H,23,27)/i22-1. The molecule has 144 valence electrons. The zero-order valence-corrected chi connectivity index (χ0v) is 15.3. The lowest BCUT2D eigenvalue weighted by atomic mass is 10.1. The molecule has 1 amide bonds. The van der Waals surface area contributed by atoms with Crippen LogP contribution in [0, 0.1) is 22.9 Å². The summed E-state index contributed by atoms with van der Waals surface area (Å²) < 4.78 is 15.4. The van der Waals surface area contributed by atoms with Gasteiger partial charge < -0.3 is 9.72 Å². The van der Waals surface area contributed by atoms with Gasteiger partial charge in [0.1, 0.15) is 5.65 Å². The first kappa shape index (κ1) is 18.3. The number of imidazole rings is 1. The Kier molecular flexibility index (Phi) is 4.52. The molecule has 4 aromatic rings. The molecular weight excluding hydrogens is 374 g/mol. The van der Waals surface area contributed by atoms with Crippen LogP contribution in [0.25, 0.3) is 16.9 Å². The van der Waals surface area contributed by atoms with Crippen molar-refractivity contribution in [3.63, 3.8) is 0 Å². The number of carbonyl (C=O) groups excluding carboxylic acids is 1. The fourth-order valence-electron chi connectivity index (χ4n) is 2.96. The van der Waals surface area contributed by atoms with E-state index in [1.54, 1.807) is 12.1 Å². The lowest BCUT2D eigenvalue weighted by molar-refractivity contribution is -0.387. The quantitative estimate of drug-likeness (QED) is 0.408. The molecule has 0 bridgehead atoms. The molecule has 2 heterocycles. The molecule has 0 aliphatic rings. The second kappa shape index (κ2) is 7.16. The van der Waals surface area contributed by atoms with Crippen molar-refractivity contribution in [1.82, 2.24) is 9.38 Å². The molecule has 4 rings (SSSR count). The molecule has 2 aromatic heterocycles. The van der Waals surface area contributed by atoms with Crippen LogP contribution in [-0.2, 0) is 0 Å². The maximum absolute atomic E-state index is 13.4. The van der Waals surface area contributed by atoms with Crippen LogP contribution >= 0.6 is 0 Å². The van der Waals surface area contributed by atoms with Crippen LogP contribution in [0.5, 0.6) is 0 Å².